The van der Waals surface area contributed by atoms with Crippen molar-refractivity contribution in [3.63, 3.8) is 0 Å². The van der Waals surface area contributed by atoms with Crippen molar-refractivity contribution in [1.29, 1.82) is 0 Å². The molecule has 56 valence electrons. The van der Waals surface area contributed by atoms with Crippen LogP contribution in [-0.4, -0.2) is 11.7 Å². The molecule has 1 unspecified atom stereocenters. The third-order valence-corrected chi connectivity index (χ3v) is 2.07. The summed E-state index contributed by atoms with van der Waals surface area (Å²) in [6, 6.07) is 0. The van der Waals surface area contributed by atoms with E-state index in [-0.39, 0.29) is 5.60 Å². The second-order valence-electron chi connectivity index (χ2n) is 2.81. The standard InChI is InChI=1S/C9H14O/c1-4-6-9(7-5-2)8(3)10-9/h4-5,8H,1-2,6-7H2,3H3. The molecule has 0 aliphatic carbocycles. The first kappa shape index (κ1) is 7.55. The van der Waals surface area contributed by atoms with Crippen LogP contribution in [0, 0.1) is 0 Å². The van der Waals surface area contributed by atoms with Crippen LogP contribution in [0.4, 0.5) is 0 Å². The van der Waals surface area contributed by atoms with Gasteiger partial charge in [-0.15, -0.1) is 13.2 Å². The second-order valence-corrected chi connectivity index (χ2v) is 2.81. The predicted octanol–water partition coefficient (Wildman–Crippen LogP) is 2.30. The molecule has 0 aromatic rings. The Bertz CT molecular complexity index is 139. The molecular weight excluding hydrogens is 124 g/mol. The summed E-state index contributed by atoms with van der Waals surface area (Å²) in [6.45, 7) is 9.47. The highest BCUT2D eigenvalue weighted by Gasteiger charge is 2.50. The highest BCUT2D eigenvalue weighted by molar-refractivity contribution is 5.07. The fourth-order valence-electron chi connectivity index (χ4n) is 1.32. The third kappa shape index (κ3) is 1.14. The van der Waals surface area contributed by atoms with Gasteiger partial charge < -0.3 is 4.74 Å². The molecule has 0 spiro atoms. The summed E-state index contributed by atoms with van der Waals surface area (Å²) in [7, 11) is 0. The van der Waals surface area contributed by atoms with Crippen molar-refractivity contribution in [3.05, 3.63) is 25.3 Å². The first-order valence-corrected chi connectivity index (χ1v) is 3.65. The normalized spacial score (nSPS) is 27.5. The quantitative estimate of drug-likeness (QED) is 0.429. The molecule has 0 N–H and O–H groups in total. The summed E-state index contributed by atoms with van der Waals surface area (Å²) in [5.74, 6) is 0. The molecular formula is C9H14O. The average molecular weight is 138 g/mol. The first-order chi connectivity index (χ1) is 4.75. The molecule has 0 radical (unpaired) electrons. The van der Waals surface area contributed by atoms with Gasteiger partial charge in [-0.05, 0) is 19.8 Å². The van der Waals surface area contributed by atoms with Crippen molar-refractivity contribution >= 4 is 0 Å². The van der Waals surface area contributed by atoms with Gasteiger partial charge in [0.05, 0.1) is 6.10 Å². The number of ether oxygens (including phenoxy) is 1. The number of hydrogen-bond donors (Lipinski definition) is 0. The van der Waals surface area contributed by atoms with Crippen LogP contribution >= 0.6 is 0 Å². The molecule has 0 aromatic heterocycles. The van der Waals surface area contributed by atoms with Crippen molar-refractivity contribution < 1.29 is 4.74 Å². The van der Waals surface area contributed by atoms with Gasteiger partial charge in [-0.3, -0.25) is 0 Å². The van der Waals surface area contributed by atoms with Crippen LogP contribution in [0.15, 0.2) is 25.3 Å². The van der Waals surface area contributed by atoms with E-state index in [0.29, 0.717) is 6.10 Å². The van der Waals surface area contributed by atoms with Crippen LogP contribution in [0.1, 0.15) is 19.8 Å². The minimum atomic E-state index is 0.0729. The lowest BCUT2D eigenvalue weighted by atomic mass is 9.98. The summed E-state index contributed by atoms with van der Waals surface area (Å²) in [4.78, 5) is 0. The van der Waals surface area contributed by atoms with E-state index in [1.165, 1.54) is 0 Å². The Labute approximate surface area is 62.4 Å². The molecule has 0 bridgehead atoms. The number of epoxide rings is 1. The lowest BCUT2D eigenvalue weighted by Crippen LogP contribution is -2.10. The van der Waals surface area contributed by atoms with Crippen molar-refractivity contribution in [1.82, 2.24) is 0 Å². The highest BCUT2D eigenvalue weighted by Crippen LogP contribution is 2.42. The van der Waals surface area contributed by atoms with E-state index >= 15 is 0 Å². The van der Waals surface area contributed by atoms with Gasteiger partial charge in [0.15, 0.2) is 0 Å². The molecule has 1 atom stereocenters. The fourth-order valence-corrected chi connectivity index (χ4v) is 1.32. The van der Waals surface area contributed by atoms with Crippen molar-refractivity contribution in [2.75, 3.05) is 0 Å². The van der Waals surface area contributed by atoms with Crippen LogP contribution in [-0.2, 0) is 4.74 Å². The van der Waals surface area contributed by atoms with E-state index in [1.54, 1.807) is 0 Å². The molecule has 1 saturated heterocycles. The fraction of sp³-hybridized carbons (Fsp3) is 0.556. The van der Waals surface area contributed by atoms with E-state index in [4.69, 9.17) is 4.74 Å². The maximum Gasteiger partial charge on any atom is 0.101 e. The molecule has 10 heavy (non-hydrogen) atoms. The van der Waals surface area contributed by atoms with Crippen molar-refractivity contribution in [2.45, 2.75) is 31.5 Å². The van der Waals surface area contributed by atoms with Crippen molar-refractivity contribution in [2.24, 2.45) is 0 Å². The molecule has 0 aromatic carbocycles. The third-order valence-electron chi connectivity index (χ3n) is 2.07. The molecule has 1 heterocycles. The Morgan fingerprint density at radius 2 is 1.80 bits per heavy atom. The van der Waals surface area contributed by atoms with Crippen LogP contribution in [0.5, 0.6) is 0 Å². The van der Waals surface area contributed by atoms with E-state index in [9.17, 15) is 0 Å². The van der Waals surface area contributed by atoms with E-state index < -0.39 is 0 Å². The van der Waals surface area contributed by atoms with E-state index in [1.807, 2.05) is 12.2 Å². The highest BCUT2D eigenvalue weighted by atomic mass is 16.6. The zero-order valence-corrected chi connectivity index (χ0v) is 6.47. The summed E-state index contributed by atoms with van der Waals surface area (Å²) >= 11 is 0. The maximum atomic E-state index is 5.44. The molecule has 1 aliphatic rings. The lowest BCUT2D eigenvalue weighted by molar-refractivity contribution is 0.298. The SMILES string of the molecule is C=CCC1(CC=C)OC1C. The van der Waals surface area contributed by atoms with Crippen LogP contribution in [0.3, 0.4) is 0 Å². The summed E-state index contributed by atoms with van der Waals surface area (Å²) in [5.41, 5.74) is 0.0729. The number of hydrogen-bond acceptors (Lipinski definition) is 1. The largest absolute Gasteiger partial charge is 0.366 e. The summed E-state index contributed by atoms with van der Waals surface area (Å²) < 4.78 is 5.44. The molecule has 1 rings (SSSR count). The Hall–Kier alpha value is -0.560. The lowest BCUT2D eigenvalue weighted by Gasteiger charge is -2.04. The molecule has 1 fully saturated rings. The molecule has 1 heteroatoms. The topological polar surface area (TPSA) is 12.5 Å². The minimum Gasteiger partial charge on any atom is -0.366 e. The minimum absolute atomic E-state index is 0.0729. The van der Waals surface area contributed by atoms with Gasteiger partial charge in [0.25, 0.3) is 0 Å². The molecule has 1 nitrogen and oxygen atoms in total. The zero-order chi connectivity index (χ0) is 7.61. The second kappa shape index (κ2) is 2.59. The van der Waals surface area contributed by atoms with Gasteiger partial charge in [-0.25, -0.2) is 0 Å². The summed E-state index contributed by atoms with van der Waals surface area (Å²) in [6.07, 6.45) is 6.10. The van der Waals surface area contributed by atoms with Gasteiger partial charge in [-0.1, -0.05) is 12.2 Å². The zero-order valence-electron chi connectivity index (χ0n) is 6.47. The maximum absolute atomic E-state index is 5.44. The molecule has 0 saturated carbocycles. The van der Waals surface area contributed by atoms with Gasteiger partial charge >= 0.3 is 0 Å². The van der Waals surface area contributed by atoms with Crippen LogP contribution in [0.25, 0.3) is 0 Å². The Morgan fingerprint density at radius 1 is 1.40 bits per heavy atom. The van der Waals surface area contributed by atoms with Crippen LogP contribution in [0.2, 0.25) is 0 Å². The van der Waals surface area contributed by atoms with E-state index in [0.717, 1.165) is 12.8 Å². The summed E-state index contributed by atoms with van der Waals surface area (Å²) in [5, 5.41) is 0. The monoisotopic (exact) mass is 138 g/mol. The Kier molecular flexibility index (Phi) is 1.95. The average Bonchev–Trinajstić information content (AvgIpc) is 2.44. The van der Waals surface area contributed by atoms with Crippen molar-refractivity contribution in [3.8, 4) is 0 Å². The van der Waals surface area contributed by atoms with Gasteiger partial charge in [0, 0.05) is 0 Å². The van der Waals surface area contributed by atoms with Gasteiger partial charge in [0.1, 0.15) is 5.60 Å². The van der Waals surface area contributed by atoms with Gasteiger partial charge in [-0.2, -0.15) is 0 Å². The van der Waals surface area contributed by atoms with Crippen LogP contribution < -0.4 is 0 Å². The number of rotatable bonds is 4. The molecule has 1 aliphatic heterocycles. The smallest absolute Gasteiger partial charge is 0.101 e. The Morgan fingerprint density at radius 3 is 2.00 bits per heavy atom. The van der Waals surface area contributed by atoms with Gasteiger partial charge in [0.2, 0.25) is 0 Å². The predicted molar refractivity (Wildman–Crippen MR) is 42.9 cm³/mol. The Balaban J connectivity index is 2.45. The van der Waals surface area contributed by atoms with E-state index in [2.05, 4.69) is 20.1 Å². The first-order valence-electron chi connectivity index (χ1n) is 3.65. The molecule has 0 amide bonds.